The summed E-state index contributed by atoms with van der Waals surface area (Å²) in [5.74, 6) is -1.46. The Bertz CT molecular complexity index is 544. The number of likely N-dealkylation sites (tertiary alicyclic amines) is 1. The van der Waals surface area contributed by atoms with Crippen LogP contribution in [0.15, 0.2) is 18.2 Å². The number of hydrogen-bond acceptors (Lipinski definition) is 2. The summed E-state index contributed by atoms with van der Waals surface area (Å²) in [4.78, 5) is 25.5. The van der Waals surface area contributed by atoms with E-state index in [1.165, 1.54) is 0 Å². The van der Waals surface area contributed by atoms with Crippen LogP contribution in [-0.4, -0.2) is 34.5 Å². The van der Waals surface area contributed by atoms with Crippen LogP contribution in [0.4, 0.5) is 0 Å². The van der Waals surface area contributed by atoms with Crippen LogP contribution in [0.25, 0.3) is 0 Å². The van der Waals surface area contributed by atoms with Gasteiger partial charge < -0.3 is 10.0 Å². The average Bonchev–Trinajstić information content (AvgIpc) is 2.40. The number of aryl methyl sites for hydroxylation is 1. The minimum absolute atomic E-state index is 0.136. The number of carboxylic acid groups (broad SMARTS) is 1. The monoisotopic (exact) mass is 295 g/mol. The maximum Gasteiger partial charge on any atom is 0.308 e. The molecule has 2 atom stereocenters. The predicted molar refractivity (Wildman–Crippen MR) is 77.0 cm³/mol. The first-order valence-electron chi connectivity index (χ1n) is 6.71. The van der Waals surface area contributed by atoms with E-state index in [9.17, 15) is 14.7 Å². The Labute approximate surface area is 123 Å². The summed E-state index contributed by atoms with van der Waals surface area (Å²) < 4.78 is 0. The van der Waals surface area contributed by atoms with Crippen molar-refractivity contribution in [2.75, 3.05) is 6.54 Å². The highest BCUT2D eigenvalue weighted by Crippen LogP contribution is 2.27. The Morgan fingerprint density at radius 2 is 2.10 bits per heavy atom. The third-order valence-electron chi connectivity index (χ3n) is 4.00. The summed E-state index contributed by atoms with van der Waals surface area (Å²) in [7, 11) is 0. The summed E-state index contributed by atoms with van der Waals surface area (Å²) in [5, 5.41) is 9.73. The van der Waals surface area contributed by atoms with Gasteiger partial charge in [-0.1, -0.05) is 17.7 Å². The molecule has 1 aliphatic heterocycles. The number of piperidine rings is 1. The van der Waals surface area contributed by atoms with Gasteiger partial charge in [0, 0.05) is 23.2 Å². The predicted octanol–water partition coefficient (Wildman–Crippen LogP) is 2.97. The first-order valence-corrected chi connectivity index (χ1v) is 7.09. The summed E-state index contributed by atoms with van der Waals surface area (Å²) in [5.41, 5.74) is 1.40. The molecule has 1 heterocycles. The fourth-order valence-corrected chi connectivity index (χ4v) is 2.91. The molecule has 0 radical (unpaired) electrons. The van der Waals surface area contributed by atoms with E-state index in [1.807, 2.05) is 6.92 Å². The van der Waals surface area contributed by atoms with Crippen LogP contribution in [0, 0.1) is 12.8 Å². The minimum atomic E-state index is -0.835. The average molecular weight is 296 g/mol. The van der Waals surface area contributed by atoms with Gasteiger partial charge in [-0.25, -0.2) is 0 Å². The first-order chi connectivity index (χ1) is 9.41. The van der Waals surface area contributed by atoms with Crippen molar-refractivity contribution in [3.63, 3.8) is 0 Å². The Morgan fingerprint density at radius 1 is 1.40 bits per heavy atom. The molecule has 1 N–H and O–H groups in total. The molecule has 2 rings (SSSR count). The van der Waals surface area contributed by atoms with Crippen LogP contribution in [0.1, 0.15) is 35.7 Å². The molecule has 5 heteroatoms. The van der Waals surface area contributed by atoms with Crippen LogP contribution in [0.3, 0.4) is 0 Å². The molecular weight excluding hydrogens is 278 g/mol. The number of carboxylic acids is 1. The van der Waals surface area contributed by atoms with Crippen molar-refractivity contribution in [1.29, 1.82) is 0 Å². The van der Waals surface area contributed by atoms with Crippen molar-refractivity contribution in [1.82, 2.24) is 4.90 Å². The van der Waals surface area contributed by atoms with Crippen molar-refractivity contribution in [2.45, 2.75) is 32.7 Å². The van der Waals surface area contributed by atoms with Gasteiger partial charge in [0.2, 0.25) is 0 Å². The molecule has 0 aliphatic carbocycles. The summed E-state index contributed by atoms with van der Waals surface area (Å²) in [6, 6.07) is 4.90. The van der Waals surface area contributed by atoms with Gasteiger partial charge >= 0.3 is 5.97 Å². The maximum absolute atomic E-state index is 12.6. The molecule has 0 spiro atoms. The van der Waals surface area contributed by atoms with Gasteiger partial charge in [-0.2, -0.15) is 0 Å². The van der Waals surface area contributed by atoms with E-state index >= 15 is 0 Å². The number of carbonyl (C=O) groups is 2. The molecule has 1 saturated heterocycles. The standard InChI is InChI=1S/C15H18ClNO3/c1-9-5-6-11(16)8-13(9)14(18)17-7-3-4-12(10(17)2)15(19)20/h5-6,8,10,12H,3-4,7H2,1-2H3,(H,19,20)/t10-,12-/m1/s1. The highest BCUT2D eigenvalue weighted by molar-refractivity contribution is 6.31. The number of halogens is 1. The zero-order valence-corrected chi connectivity index (χ0v) is 12.4. The van der Waals surface area contributed by atoms with Gasteiger partial charge in [-0.15, -0.1) is 0 Å². The van der Waals surface area contributed by atoms with Crippen LogP contribution >= 0.6 is 11.6 Å². The maximum atomic E-state index is 12.6. The van der Waals surface area contributed by atoms with Gasteiger partial charge in [-0.05, 0) is 44.4 Å². The quantitative estimate of drug-likeness (QED) is 0.912. The van der Waals surface area contributed by atoms with E-state index in [0.717, 1.165) is 5.56 Å². The second-order valence-electron chi connectivity index (χ2n) is 5.29. The molecule has 1 aliphatic rings. The highest BCUT2D eigenvalue weighted by Gasteiger charge is 2.35. The number of amides is 1. The lowest BCUT2D eigenvalue weighted by atomic mass is 9.89. The van der Waals surface area contributed by atoms with Gasteiger partial charge in [0.25, 0.3) is 5.91 Å². The fourth-order valence-electron chi connectivity index (χ4n) is 2.74. The van der Waals surface area contributed by atoms with Crippen LogP contribution in [0.2, 0.25) is 5.02 Å². The number of rotatable bonds is 2. The van der Waals surface area contributed by atoms with E-state index in [1.54, 1.807) is 30.0 Å². The van der Waals surface area contributed by atoms with Gasteiger partial charge in [-0.3, -0.25) is 9.59 Å². The molecule has 1 fully saturated rings. The molecule has 20 heavy (non-hydrogen) atoms. The number of hydrogen-bond donors (Lipinski definition) is 1. The molecule has 0 bridgehead atoms. The Morgan fingerprint density at radius 3 is 2.75 bits per heavy atom. The zero-order chi connectivity index (χ0) is 14.9. The Balaban J connectivity index is 2.28. The summed E-state index contributed by atoms with van der Waals surface area (Å²) in [6.07, 6.45) is 1.33. The molecular formula is C15H18ClNO3. The Hall–Kier alpha value is -1.55. The van der Waals surface area contributed by atoms with Crippen molar-refractivity contribution < 1.29 is 14.7 Å². The topological polar surface area (TPSA) is 57.6 Å². The summed E-state index contributed by atoms with van der Waals surface area (Å²) >= 11 is 5.95. The second kappa shape index (κ2) is 5.83. The SMILES string of the molecule is Cc1ccc(Cl)cc1C(=O)N1CCC[C@@H](C(=O)O)[C@H]1C. The molecule has 0 aromatic heterocycles. The van der Waals surface area contributed by atoms with Crippen molar-refractivity contribution in [3.8, 4) is 0 Å². The fraction of sp³-hybridized carbons (Fsp3) is 0.467. The van der Waals surface area contributed by atoms with Gasteiger partial charge in [0.05, 0.1) is 5.92 Å². The number of nitrogens with zero attached hydrogens (tertiary/aromatic N) is 1. The second-order valence-corrected chi connectivity index (χ2v) is 5.72. The highest BCUT2D eigenvalue weighted by atomic mass is 35.5. The van der Waals surface area contributed by atoms with Crippen LogP contribution < -0.4 is 0 Å². The number of aliphatic carboxylic acids is 1. The molecule has 1 aromatic rings. The van der Waals surface area contributed by atoms with E-state index in [4.69, 9.17) is 11.6 Å². The summed E-state index contributed by atoms with van der Waals surface area (Å²) in [6.45, 7) is 4.25. The molecule has 4 nitrogen and oxygen atoms in total. The van der Waals surface area contributed by atoms with Crippen molar-refractivity contribution >= 4 is 23.5 Å². The minimum Gasteiger partial charge on any atom is -0.481 e. The van der Waals surface area contributed by atoms with Crippen LogP contribution in [0.5, 0.6) is 0 Å². The van der Waals surface area contributed by atoms with Crippen LogP contribution in [-0.2, 0) is 4.79 Å². The lowest BCUT2D eigenvalue weighted by Crippen LogP contribution is -2.49. The lowest BCUT2D eigenvalue weighted by molar-refractivity contribution is -0.144. The van der Waals surface area contributed by atoms with E-state index in [0.29, 0.717) is 30.0 Å². The van der Waals surface area contributed by atoms with Crippen molar-refractivity contribution in [3.05, 3.63) is 34.3 Å². The smallest absolute Gasteiger partial charge is 0.308 e. The molecule has 108 valence electrons. The number of benzene rings is 1. The third kappa shape index (κ3) is 2.80. The molecule has 0 unspecified atom stereocenters. The third-order valence-corrected chi connectivity index (χ3v) is 4.23. The molecule has 1 aromatic carbocycles. The Kier molecular flexibility index (Phi) is 4.33. The molecule has 0 saturated carbocycles. The van der Waals surface area contributed by atoms with E-state index < -0.39 is 11.9 Å². The van der Waals surface area contributed by atoms with E-state index in [-0.39, 0.29) is 11.9 Å². The van der Waals surface area contributed by atoms with Gasteiger partial charge in [0.1, 0.15) is 0 Å². The largest absolute Gasteiger partial charge is 0.481 e. The zero-order valence-electron chi connectivity index (χ0n) is 11.6. The normalized spacial score (nSPS) is 22.6. The lowest BCUT2D eigenvalue weighted by Gasteiger charge is -2.37. The van der Waals surface area contributed by atoms with E-state index in [2.05, 4.69) is 0 Å². The first kappa shape index (κ1) is 14.9. The number of carbonyl (C=O) groups excluding carboxylic acids is 1. The van der Waals surface area contributed by atoms with Crippen molar-refractivity contribution in [2.24, 2.45) is 5.92 Å². The van der Waals surface area contributed by atoms with Gasteiger partial charge in [0.15, 0.2) is 0 Å². The molecule has 1 amide bonds.